The molecular formula is C12H10F2N2. The molecule has 0 radical (unpaired) electrons. The standard InChI is InChI=1S/C12H10F2N2/c13-9-2-3-10(11(14)5-9)12-4-1-8(6-15)7-16-12/h1-5,7H,6,15H2. The van der Waals surface area contributed by atoms with E-state index >= 15 is 0 Å². The summed E-state index contributed by atoms with van der Waals surface area (Å²) in [6.07, 6.45) is 1.58. The summed E-state index contributed by atoms with van der Waals surface area (Å²) in [6, 6.07) is 6.85. The zero-order chi connectivity index (χ0) is 11.5. The van der Waals surface area contributed by atoms with Gasteiger partial charge in [0.15, 0.2) is 0 Å². The predicted molar refractivity (Wildman–Crippen MR) is 57.5 cm³/mol. The van der Waals surface area contributed by atoms with E-state index in [1.165, 1.54) is 12.1 Å². The smallest absolute Gasteiger partial charge is 0.135 e. The Balaban J connectivity index is 2.42. The SMILES string of the molecule is NCc1ccc(-c2ccc(F)cc2F)nc1. The Bertz CT molecular complexity index is 495. The van der Waals surface area contributed by atoms with Gasteiger partial charge in [-0.15, -0.1) is 0 Å². The van der Waals surface area contributed by atoms with Gasteiger partial charge in [-0.05, 0) is 23.8 Å². The van der Waals surface area contributed by atoms with Gasteiger partial charge >= 0.3 is 0 Å². The molecule has 0 spiro atoms. The third-order valence-electron chi connectivity index (χ3n) is 2.27. The van der Waals surface area contributed by atoms with E-state index in [4.69, 9.17) is 5.73 Å². The van der Waals surface area contributed by atoms with Crippen molar-refractivity contribution in [3.05, 3.63) is 53.7 Å². The molecule has 0 fully saturated rings. The lowest BCUT2D eigenvalue weighted by atomic mass is 10.1. The molecule has 0 amide bonds. The van der Waals surface area contributed by atoms with Crippen LogP contribution >= 0.6 is 0 Å². The van der Waals surface area contributed by atoms with E-state index < -0.39 is 11.6 Å². The van der Waals surface area contributed by atoms with Gasteiger partial charge in [0.2, 0.25) is 0 Å². The summed E-state index contributed by atoms with van der Waals surface area (Å²) < 4.78 is 26.1. The van der Waals surface area contributed by atoms with Crippen LogP contribution in [0.15, 0.2) is 36.5 Å². The van der Waals surface area contributed by atoms with Crippen LogP contribution in [-0.4, -0.2) is 4.98 Å². The maximum atomic E-state index is 13.4. The topological polar surface area (TPSA) is 38.9 Å². The van der Waals surface area contributed by atoms with Gasteiger partial charge in [0.05, 0.1) is 5.69 Å². The van der Waals surface area contributed by atoms with Gasteiger partial charge in [0, 0.05) is 24.4 Å². The van der Waals surface area contributed by atoms with Crippen molar-refractivity contribution in [2.45, 2.75) is 6.54 Å². The highest BCUT2D eigenvalue weighted by molar-refractivity contribution is 5.59. The second-order valence-corrected chi connectivity index (χ2v) is 3.38. The van der Waals surface area contributed by atoms with Crippen molar-refractivity contribution in [2.75, 3.05) is 0 Å². The second kappa shape index (κ2) is 4.37. The van der Waals surface area contributed by atoms with Gasteiger partial charge in [-0.25, -0.2) is 8.78 Å². The summed E-state index contributed by atoms with van der Waals surface area (Å²) in [5.41, 5.74) is 7.04. The summed E-state index contributed by atoms with van der Waals surface area (Å²) in [6.45, 7) is 0.388. The normalized spacial score (nSPS) is 10.4. The molecule has 0 saturated carbocycles. The first-order valence-electron chi connectivity index (χ1n) is 4.81. The van der Waals surface area contributed by atoms with Crippen molar-refractivity contribution in [3.8, 4) is 11.3 Å². The number of aromatic nitrogens is 1. The van der Waals surface area contributed by atoms with Crippen LogP contribution in [-0.2, 0) is 6.54 Å². The summed E-state index contributed by atoms with van der Waals surface area (Å²) >= 11 is 0. The van der Waals surface area contributed by atoms with E-state index in [1.807, 2.05) is 0 Å². The van der Waals surface area contributed by atoms with Crippen LogP contribution in [0, 0.1) is 11.6 Å². The van der Waals surface area contributed by atoms with Gasteiger partial charge in [-0.3, -0.25) is 4.98 Å². The van der Waals surface area contributed by atoms with Crippen molar-refractivity contribution in [1.82, 2.24) is 4.98 Å². The molecule has 1 aromatic heterocycles. The number of nitrogens with zero attached hydrogens (tertiary/aromatic N) is 1. The minimum atomic E-state index is -0.618. The fraction of sp³-hybridized carbons (Fsp3) is 0.0833. The molecule has 2 rings (SSSR count). The molecule has 0 aliphatic carbocycles. The minimum absolute atomic E-state index is 0.282. The average molecular weight is 220 g/mol. The lowest BCUT2D eigenvalue weighted by Gasteiger charge is -2.03. The van der Waals surface area contributed by atoms with Crippen LogP contribution in [0.25, 0.3) is 11.3 Å². The predicted octanol–water partition coefficient (Wildman–Crippen LogP) is 2.49. The van der Waals surface area contributed by atoms with E-state index in [1.54, 1.807) is 18.3 Å². The highest BCUT2D eigenvalue weighted by Gasteiger charge is 2.07. The zero-order valence-electron chi connectivity index (χ0n) is 8.45. The van der Waals surface area contributed by atoms with Crippen LogP contribution in [0.2, 0.25) is 0 Å². The first kappa shape index (κ1) is 10.7. The van der Waals surface area contributed by atoms with Crippen molar-refractivity contribution in [2.24, 2.45) is 5.73 Å². The largest absolute Gasteiger partial charge is 0.326 e. The Morgan fingerprint density at radius 3 is 2.50 bits per heavy atom. The van der Waals surface area contributed by atoms with Crippen LogP contribution in [0.5, 0.6) is 0 Å². The Morgan fingerprint density at radius 2 is 1.94 bits per heavy atom. The van der Waals surface area contributed by atoms with Gasteiger partial charge < -0.3 is 5.73 Å². The van der Waals surface area contributed by atoms with Crippen molar-refractivity contribution in [3.63, 3.8) is 0 Å². The molecule has 0 aliphatic rings. The van der Waals surface area contributed by atoms with Crippen molar-refractivity contribution >= 4 is 0 Å². The van der Waals surface area contributed by atoms with Crippen molar-refractivity contribution in [1.29, 1.82) is 0 Å². The summed E-state index contributed by atoms with van der Waals surface area (Å²) in [4.78, 5) is 4.07. The molecule has 0 bridgehead atoms. The van der Waals surface area contributed by atoms with Crippen LogP contribution in [0.3, 0.4) is 0 Å². The number of nitrogens with two attached hydrogens (primary N) is 1. The molecule has 2 nitrogen and oxygen atoms in total. The van der Waals surface area contributed by atoms with Crippen molar-refractivity contribution < 1.29 is 8.78 Å². The molecule has 2 aromatic rings. The van der Waals surface area contributed by atoms with Crippen LogP contribution < -0.4 is 5.73 Å². The number of halogens is 2. The zero-order valence-corrected chi connectivity index (χ0v) is 8.45. The Kier molecular flexibility index (Phi) is 2.92. The quantitative estimate of drug-likeness (QED) is 0.844. The molecule has 0 unspecified atom stereocenters. The van der Waals surface area contributed by atoms with E-state index in [2.05, 4.69) is 4.98 Å². The molecule has 82 valence electrons. The lowest BCUT2D eigenvalue weighted by molar-refractivity contribution is 0.585. The molecule has 0 aliphatic heterocycles. The summed E-state index contributed by atoms with van der Waals surface area (Å²) in [5, 5.41) is 0. The number of rotatable bonds is 2. The van der Waals surface area contributed by atoms with Gasteiger partial charge in [0.1, 0.15) is 11.6 Å². The first-order valence-corrected chi connectivity index (χ1v) is 4.81. The van der Waals surface area contributed by atoms with Gasteiger partial charge in [-0.2, -0.15) is 0 Å². The molecule has 1 aromatic carbocycles. The first-order chi connectivity index (χ1) is 7.70. The third-order valence-corrected chi connectivity index (χ3v) is 2.27. The Labute approximate surface area is 91.7 Å². The minimum Gasteiger partial charge on any atom is -0.326 e. The van der Waals surface area contributed by atoms with E-state index in [9.17, 15) is 8.78 Å². The van der Waals surface area contributed by atoms with E-state index in [0.717, 1.165) is 11.6 Å². The maximum Gasteiger partial charge on any atom is 0.135 e. The van der Waals surface area contributed by atoms with Crippen LogP contribution in [0.4, 0.5) is 8.78 Å². The summed E-state index contributed by atoms with van der Waals surface area (Å²) in [7, 11) is 0. The molecule has 0 atom stereocenters. The summed E-state index contributed by atoms with van der Waals surface area (Å²) in [5.74, 6) is -1.21. The number of benzene rings is 1. The van der Waals surface area contributed by atoms with Gasteiger partial charge in [-0.1, -0.05) is 6.07 Å². The van der Waals surface area contributed by atoms with Gasteiger partial charge in [0.25, 0.3) is 0 Å². The average Bonchev–Trinajstić information content (AvgIpc) is 2.29. The monoisotopic (exact) mass is 220 g/mol. The third kappa shape index (κ3) is 2.06. The highest BCUT2D eigenvalue weighted by Crippen LogP contribution is 2.21. The Hall–Kier alpha value is -1.81. The number of hydrogen-bond donors (Lipinski definition) is 1. The maximum absolute atomic E-state index is 13.4. The van der Waals surface area contributed by atoms with E-state index in [0.29, 0.717) is 12.2 Å². The van der Waals surface area contributed by atoms with Crippen LogP contribution in [0.1, 0.15) is 5.56 Å². The number of hydrogen-bond acceptors (Lipinski definition) is 2. The molecular weight excluding hydrogens is 210 g/mol. The number of pyridine rings is 1. The van der Waals surface area contributed by atoms with E-state index in [-0.39, 0.29) is 5.56 Å². The molecule has 16 heavy (non-hydrogen) atoms. The fourth-order valence-corrected chi connectivity index (χ4v) is 1.40. The lowest BCUT2D eigenvalue weighted by Crippen LogP contribution is -1.97. The second-order valence-electron chi connectivity index (χ2n) is 3.38. The molecule has 2 N–H and O–H groups in total. The fourth-order valence-electron chi connectivity index (χ4n) is 1.40. The Morgan fingerprint density at radius 1 is 1.12 bits per heavy atom. The molecule has 4 heteroatoms. The highest BCUT2D eigenvalue weighted by atomic mass is 19.1. The molecule has 1 heterocycles. The molecule has 0 saturated heterocycles.